The van der Waals surface area contributed by atoms with Crippen molar-refractivity contribution in [1.29, 1.82) is 0 Å². The topological polar surface area (TPSA) is 99.5 Å². The van der Waals surface area contributed by atoms with Crippen LogP contribution in [0.15, 0.2) is 47.1 Å². The van der Waals surface area contributed by atoms with Crippen molar-refractivity contribution in [1.82, 2.24) is 14.8 Å². The zero-order valence-corrected chi connectivity index (χ0v) is 13.8. The average Bonchev–Trinajstić information content (AvgIpc) is 3.24. The van der Waals surface area contributed by atoms with Gasteiger partial charge in [0.2, 0.25) is 0 Å². The van der Waals surface area contributed by atoms with Crippen LogP contribution in [0.3, 0.4) is 0 Å². The number of benzene rings is 1. The number of ether oxygens (including phenoxy) is 1. The first-order valence-electron chi connectivity index (χ1n) is 7.52. The number of nitrogens with zero attached hydrogens (tertiary/aromatic N) is 5. The molecule has 0 aliphatic carbocycles. The van der Waals surface area contributed by atoms with E-state index >= 15 is 0 Å². The standard InChI is InChI=1S/C16H17N5O4/c1-19-16(17-15(18-19)21(22)23)20(11-14-4-3-9-25-14)10-12-5-7-13(24-2)8-6-12/h3-9H,10-11H2,1-2H3. The molecule has 9 nitrogen and oxygen atoms in total. The number of aryl methyl sites for hydroxylation is 1. The van der Waals surface area contributed by atoms with Crippen molar-refractivity contribution in [3.8, 4) is 5.75 Å². The molecular formula is C16H17N5O4. The molecular weight excluding hydrogens is 326 g/mol. The number of anilines is 1. The number of hydrogen-bond acceptors (Lipinski definition) is 7. The van der Waals surface area contributed by atoms with Gasteiger partial charge in [-0.15, -0.1) is 0 Å². The Balaban J connectivity index is 1.90. The maximum absolute atomic E-state index is 11.0. The van der Waals surface area contributed by atoms with E-state index in [-0.39, 0.29) is 0 Å². The molecule has 0 aliphatic rings. The minimum Gasteiger partial charge on any atom is -0.497 e. The van der Waals surface area contributed by atoms with Crippen LogP contribution in [0.2, 0.25) is 0 Å². The number of nitro groups is 1. The summed E-state index contributed by atoms with van der Waals surface area (Å²) in [5, 5.41) is 14.8. The first kappa shape index (κ1) is 16.5. The zero-order valence-electron chi connectivity index (χ0n) is 13.8. The fraction of sp³-hybridized carbons (Fsp3) is 0.250. The summed E-state index contributed by atoms with van der Waals surface area (Å²) in [6.07, 6.45) is 1.58. The Morgan fingerprint density at radius 1 is 1.28 bits per heavy atom. The van der Waals surface area contributed by atoms with Crippen LogP contribution in [0.4, 0.5) is 11.9 Å². The second-order valence-corrected chi connectivity index (χ2v) is 5.38. The summed E-state index contributed by atoms with van der Waals surface area (Å²) >= 11 is 0. The van der Waals surface area contributed by atoms with E-state index in [1.807, 2.05) is 35.2 Å². The van der Waals surface area contributed by atoms with Crippen LogP contribution in [0.1, 0.15) is 11.3 Å². The smallest absolute Gasteiger partial charge is 0.493 e. The minimum absolute atomic E-state index is 0.388. The number of hydrogen-bond donors (Lipinski definition) is 0. The maximum atomic E-state index is 11.0. The average molecular weight is 343 g/mol. The summed E-state index contributed by atoms with van der Waals surface area (Å²) < 4.78 is 12.0. The molecule has 130 valence electrons. The lowest BCUT2D eigenvalue weighted by Crippen LogP contribution is -2.25. The molecule has 2 heterocycles. The van der Waals surface area contributed by atoms with E-state index in [1.54, 1.807) is 26.5 Å². The van der Waals surface area contributed by atoms with E-state index in [0.717, 1.165) is 17.1 Å². The van der Waals surface area contributed by atoms with Crippen molar-refractivity contribution in [2.75, 3.05) is 12.0 Å². The van der Waals surface area contributed by atoms with E-state index in [1.165, 1.54) is 4.68 Å². The molecule has 3 aromatic rings. The van der Waals surface area contributed by atoms with E-state index in [9.17, 15) is 10.1 Å². The van der Waals surface area contributed by atoms with Crippen molar-refractivity contribution < 1.29 is 14.1 Å². The van der Waals surface area contributed by atoms with Crippen LogP contribution in [-0.4, -0.2) is 26.8 Å². The van der Waals surface area contributed by atoms with Crippen molar-refractivity contribution in [3.05, 3.63) is 64.1 Å². The van der Waals surface area contributed by atoms with Gasteiger partial charge in [-0.1, -0.05) is 12.1 Å². The third-order valence-corrected chi connectivity index (χ3v) is 3.63. The highest BCUT2D eigenvalue weighted by molar-refractivity contribution is 5.37. The van der Waals surface area contributed by atoms with E-state index in [0.29, 0.717) is 19.0 Å². The molecule has 0 aliphatic heterocycles. The number of aromatic nitrogens is 3. The van der Waals surface area contributed by atoms with Gasteiger partial charge in [-0.2, -0.15) is 4.68 Å². The first-order chi connectivity index (χ1) is 12.1. The van der Waals surface area contributed by atoms with Crippen LogP contribution in [0.5, 0.6) is 5.75 Å². The second-order valence-electron chi connectivity index (χ2n) is 5.38. The number of methoxy groups -OCH3 is 1. The Labute approximate surface area is 143 Å². The van der Waals surface area contributed by atoms with E-state index in [4.69, 9.17) is 9.15 Å². The normalized spacial score (nSPS) is 10.6. The van der Waals surface area contributed by atoms with Crippen LogP contribution in [0, 0.1) is 10.1 Å². The molecule has 3 rings (SSSR count). The molecule has 0 spiro atoms. The third-order valence-electron chi connectivity index (χ3n) is 3.63. The third kappa shape index (κ3) is 3.77. The lowest BCUT2D eigenvalue weighted by Gasteiger charge is -2.19. The predicted molar refractivity (Wildman–Crippen MR) is 89.2 cm³/mol. The van der Waals surface area contributed by atoms with Gasteiger partial charge < -0.3 is 24.2 Å². The van der Waals surface area contributed by atoms with Crippen LogP contribution < -0.4 is 9.64 Å². The molecule has 0 saturated heterocycles. The van der Waals surface area contributed by atoms with Gasteiger partial charge in [-0.05, 0) is 39.7 Å². The molecule has 0 amide bonds. The van der Waals surface area contributed by atoms with Gasteiger partial charge in [0.1, 0.15) is 11.5 Å². The lowest BCUT2D eigenvalue weighted by molar-refractivity contribution is -0.394. The van der Waals surface area contributed by atoms with Crippen LogP contribution >= 0.6 is 0 Å². The Kier molecular flexibility index (Phi) is 4.64. The Morgan fingerprint density at radius 3 is 2.60 bits per heavy atom. The van der Waals surface area contributed by atoms with Crippen molar-refractivity contribution in [3.63, 3.8) is 0 Å². The summed E-state index contributed by atoms with van der Waals surface area (Å²) in [5.41, 5.74) is 0.998. The molecule has 0 saturated carbocycles. The Morgan fingerprint density at radius 2 is 2.04 bits per heavy atom. The minimum atomic E-state index is -0.609. The van der Waals surface area contributed by atoms with Gasteiger partial charge in [0, 0.05) is 18.7 Å². The molecule has 0 bridgehead atoms. The highest BCUT2D eigenvalue weighted by Gasteiger charge is 2.25. The van der Waals surface area contributed by atoms with Crippen molar-refractivity contribution in [2.45, 2.75) is 13.1 Å². The Hall–Kier alpha value is -3.36. The Bertz CT molecular complexity index is 842. The van der Waals surface area contributed by atoms with E-state index < -0.39 is 10.9 Å². The molecule has 0 radical (unpaired) electrons. The van der Waals surface area contributed by atoms with Gasteiger partial charge in [0.15, 0.2) is 0 Å². The molecule has 9 heteroatoms. The predicted octanol–water partition coefficient (Wildman–Crippen LogP) is 2.53. The van der Waals surface area contributed by atoms with Crippen molar-refractivity contribution in [2.24, 2.45) is 7.05 Å². The fourth-order valence-electron chi connectivity index (χ4n) is 2.46. The quantitative estimate of drug-likeness (QED) is 0.480. The number of rotatable bonds is 7. The van der Waals surface area contributed by atoms with Gasteiger partial charge in [-0.3, -0.25) is 0 Å². The molecule has 25 heavy (non-hydrogen) atoms. The summed E-state index contributed by atoms with van der Waals surface area (Å²) in [7, 11) is 3.23. The fourth-order valence-corrected chi connectivity index (χ4v) is 2.46. The molecule has 1 aromatic carbocycles. The zero-order chi connectivity index (χ0) is 17.8. The largest absolute Gasteiger partial charge is 0.497 e. The molecule has 0 N–H and O–H groups in total. The van der Waals surface area contributed by atoms with Gasteiger partial charge in [0.25, 0.3) is 0 Å². The van der Waals surface area contributed by atoms with E-state index in [2.05, 4.69) is 10.1 Å². The van der Waals surface area contributed by atoms with Gasteiger partial charge >= 0.3 is 11.9 Å². The summed E-state index contributed by atoms with van der Waals surface area (Å²) in [5.74, 6) is 1.44. The SMILES string of the molecule is COc1ccc(CN(Cc2ccco2)c2nc([N+](=O)[O-])nn2C)cc1. The molecule has 0 fully saturated rings. The first-order valence-corrected chi connectivity index (χ1v) is 7.52. The highest BCUT2D eigenvalue weighted by Crippen LogP contribution is 2.21. The van der Waals surface area contributed by atoms with Crippen molar-refractivity contribution >= 4 is 11.9 Å². The van der Waals surface area contributed by atoms with Crippen LogP contribution in [0.25, 0.3) is 0 Å². The summed E-state index contributed by atoms with van der Waals surface area (Å²) in [4.78, 5) is 16.2. The van der Waals surface area contributed by atoms with Gasteiger partial charge in [-0.25, -0.2) is 0 Å². The number of furan rings is 1. The highest BCUT2D eigenvalue weighted by atomic mass is 16.6. The molecule has 0 unspecified atom stereocenters. The lowest BCUT2D eigenvalue weighted by atomic mass is 10.2. The van der Waals surface area contributed by atoms with Gasteiger partial charge in [0.05, 0.1) is 19.9 Å². The molecule has 2 aromatic heterocycles. The van der Waals surface area contributed by atoms with Crippen LogP contribution in [-0.2, 0) is 20.1 Å². The second kappa shape index (κ2) is 7.04. The summed E-state index contributed by atoms with van der Waals surface area (Å²) in [6.45, 7) is 0.886. The maximum Gasteiger partial charge on any atom is 0.493 e. The molecule has 0 atom stereocenters. The monoisotopic (exact) mass is 343 g/mol. The summed E-state index contributed by atoms with van der Waals surface area (Å²) in [6, 6.07) is 11.2.